The van der Waals surface area contributed by atoms with E-state index >= 15 is 0 Å². The molecule has 0 radical (unpaired) electrons. The van der Waals surface area contributed by atoms with E-state index in [9.17, 15) is 5.11 Å². The van der Waals surface area contributed by atoms with Crippen LogP contribution in [0.15, 0.2) is 30.3 Å². The summed E-state index contributed by atoms with van der Waals surface area (Å²) in [6, 6.07) is 12.0. The number of fused-ring (bicyclic) bond motifs is 1. The highest BCUT2D eigenvalue weighted by Gasteiger charge is 2.69. The summed E-state index contributed by atoms with van der Waals surface area (Å²) in [5, 5.41) is 11.8. The van der Waals surface area contributed by atoms with E-state index < -0.39 is 16.4 Å². The summed E-state index contributed by atoms with van der Waals surface area (Å²) in [5.74, 6) is 0.300. The zero-order valence-electron chi connectivity index (χ0n) is 17.5. The normalized spacial score (nSPS) is 31.8. The van der Waals surface area contributed by atoms with Crippen molar-refractivity contribution in [1.82, 2.24) is 0 Å². The van der Waals surface area contributed by atoms with Crippen molar-refractivity contribution in [3.8, 4) is 0 Å². The first-order valence-electron chi connectivity index (χ1n) is 9.95. The van der Waals surface area contributed by atoms with Crippen molar-refractivity contribution in [3.05, 3.63) is 30.3 Å². The number of hydrogen-bond acceptors (Lipinski definition) is 3. The maximum atomic E-state index is 10.1. The van der Waals surface area contributed by atoms with Crippen LogP contribution in [-0.4, -0.2) is 45.9 Å². The number of aliphatic hydroxyl groups is 1. The van der Waals surface area contributed by atoms with Gasteiger partial charge in [-0.15, -0.1) is 0 Å². The van der Waals surface area contributed by atoms with E-state index in [2.05, 4.69) is 77.3 Å². The lowest BCUT2D eigenvalue weighted by Crippen LogP contribution is -2.51. The molecule has 0 bridgehead atoms. The minimum Gasteiger partial charge on any atom is -0.413 e. The van der Waals surface area contributed by atoms with Gasteiger partial charge in [0, 0.05) is 12.3 Å². The van der Waals surface area contributed by atoms with Gasteiger partial charge >= 0.3 is 0 Å². The monoisotopic (exact) mass is 392 g/mol. The molecule has 3 nitrogen and oxygen atoms in total. The van der Waals surface area contributed by atoms with Gasteiger partial charge in [0.1, 0.15) is 5.60 Å². The van der Waals surface area contributed by atoms with Crippen molar-refractivity contribution in [2.24, 2.45) is 5.92 Å². The average Bonchev–Trinajstić information content (AvgIpc) is 3.19. The molecule has 1 saturated carbocycles. The Bertz CT molecular complexity index is 634. The Morgan fingerprint density at radius 2 is 1.77 bits per heavy atom. The Kier molecular flexibility index (Phi) is 5.11. The second kappa shape index (κ2) is 6.55. The first-order chi connectivity index (χ1) is 11.9. The molecule has 1 aliphatic heterocycles. The SMILES string of the molecule is CC(C)(C)[Si](C)(C)O[C@H]1C[C@H]2O[C@@]2(CO)[C@H]1C[Si](C)(C)c1ccccc1. The van der Waals surface area contributed by atoms with E-state index in [0.717, 1.165) is 12.5 Å². The van der Waals surface area contributed by atoms with Gasteiger partial charge in [-0.1, -0.05) is 69.4 Å². The van der Waals surface area contributed by atoms with Gasteiger partial charge in [0.15, 0.2) is 8.32 Å². The van der Waals surface area contributed by atoms with Gasteiger partial charge in [0.2, 0.25) is 0 Å². The van der Waals surface area contributed by atoms with Crippen LogP contribution < -0.4 is 5.19 Å². The fourth-order valence-electron chi connectivity index (χ4n) is 4.30. The van der Waals surface area contributed by atoms with Crippen LogP contribution in [0.3, 0.4) is 0 Å². The van der Waals surface area contributed by atoms with Gasteiger partial charge in [-0.05, 0) is 24.2 Å². The van der Waals surface area contributed by atoms with Crippen molar-refractivity contribution in [1.29, 1.82) is 0 Å². The summed E-state index contributed by atoms with van der Waals surface area (Å²) < 4.78 is 12.9. The Labute approximate surface area is 161 Å². The van der Waals surface area contributed by atoms with E-state index in [1.54, 1.807) is 0 Å². The van der Waals surface area contributed by atoms with Crippen LogP contribution in [0, 0.1) is 5.92 Å². The molecule has 0 amide bonds. The molecule has 1 heterocycles. The molecule has 1 aliphatic carbocycles. The lowest BCUT2D eigenvalue weighted by molar-refractivity contribution is 0.0369. The van der Waals surface area contributed by atoms with E-state index in [1.807, 2.05) is 0 Å². The number of hydrogen-bond donors (Lipinski definition) is 1. The molecule has 2 aliphatic rings. The molecular weight excluding hydrogens is 356 g/mol. The fourth-order valence-corrected chi connectivity index (χ4v) is 8.71. The van der Waals surface area contributed by atoms with Gasteiger partial charge in [-0.3, -0.25) is 0 Å². The molecule has 1 saturated heterocycles. The molecule has 0 aromatic heterocycles. The highest BCUT2D eigenvalue weighted by atomic mass is 28.4. The minimum atomic E-state index is -1.84. The Morgan fingerprint density at radius 1 is 1.15 bits per heavy atom. The molecule has 26 heavy (non-hydrogen) atoms. The second-order valence-corrected chi connectivity index (χ2v) is 19.9. The number of aliphatic hydroxyl groups excluding tert-OH is 1. The minimum absolute atomic E-state index is 0.124. The zero-order valence-corrected chi connectivity index (χ0v) is 19.5. The summed E-state index contributed by atoms with van der Waals surface area (Å²) >= 11 is 0. The molecule has 4 atom stereocenters. The van der Waals surface area contributed by atoms with Crippen molar-refractivity contribution in [2.45, 2.75) is 82.3 Å². The van der Waals surface area contributed by atoms with Gasteiger partial charge in [-0.2, -0.15) is 0 Å². The predicted molar refractivity (Wildman–Crippen MR) is 113 cm³/mol. The van der Waals surface area contributed by atoms with Crippen LogP contribution in [0.5, 0.6) is 0 Å². The lowest BCUT2D eigenvalue weighted by atomic mass is 9.96. The standard InChI is InChI=1S/C21H36O3Si2/c1-20(2,3)26(6,7)24-18-13-19-21(15-22,23-19)17(18)14-25(4,5)16-11-9-8-10-12-16/h8-12,17-19,22H,13-15H2,1-7H3/t17-,18-,19+,21-/m0/s1. The number of ether oxygens (including phenoxy) is 1. The third kappa shape index (κ3) is 3.49. The molecular formula is C21H36O3Si2. The highest BCUT2D eigenvalue weighted by Crippen LogP contribution is 2.58. The predicted octanol–water partition coefficient (Wildman–Crippen LogP) is 4.14. The molecule has 1 aromatic rings. The Hall–Kier alpha value is -0.466. The smallest absolute Gasteiger partial charge is 0.192 e. The molecule has 5 heteroatoms. The molecule has 146 valence electrons. The molecule has 0 unspecified atom stereocenters. The van der Waals surface area contributed by atoms with Crippen LogP contribution in [0.2, 0.25) is 37.3 Å². The summed E-state index contributed by atoms with van der Waals surface area (Å²) in [6.07, 6.45) is 1.35. The van der Waals surface area contributed by atoms with Crippen molar-refractivity contribution in [3.63, 3.8) is 0 Å². The Balaban J connectivity index is 1.84. The summed E-state index contributed by atoms with van der Waals surface area (Å²) in [5.41, 5.74) is -0.341. The lowest BCUT2D eigenvalue weighted by Gasteiger charge is -2.42. The quantitative estimate of drug-likeness (QED) is 0.584. The third-order valence-corrected chi connectivity index (χ3v) is 15.0. The van der Waals surface area contributed by atoms with Crippen molar-refractivity contribution >= 4 is 21.6 Å². The number of benzene rings is 1. The topological polar surface area (TPSA) is 42.0 Å². The van der Waals surface area contributed by atoms with Gasteiger partial charge in [-0.25, -0.2) is 0 Å². The third-order valence-electron chi connectivity index (χ3n) is 7.16. The summed E-state index contributed by atoms with van der Waals surface area (Å²) in [6.45, 7) is 16.6. The van der Waals surface area contributed by atoms with Crippen LogP contribution >= 0.6 is 0 Å². The molecule has 2 fully saturated rings. The van der Waals surface area contributed by atoms with E-state index in [-0.39, 0.29) is 29.5 Å². The van der Waals surface area contributed by atoms with Gasteiger partial charge < -0.3 is 14.3 Å². The van der Waals surface area contributed by atoms with Crippen LogP contribution in [0.25, 0.3) is 0 Å². The fraction of sp³-hybridized carbons (Fsp3) is 0.714. The highest BCUT2D eigenvalue weighted by molar-refractivity contribution is 6.89. The maximum absolute atomic E-state index is 10.1. The average molecular weight is 393 g/mol. The van der Waals surface area contributed by atoms with Gasteiger partial charge in [0.05, 0.1) is 26.9 Å². The zero-order chi connectivity index (χ0) is 19.4. The van der Waals surface area contributed by atoms with Crippen molar-refractivity contribution < 1.29 is 14.3 Å². The van der Waals surface area contributed by atoms with Gasteiger partial charge in [0.25, 0.3) is 0 Å². The number of epoxide rings is 1. The molecule has 1 N–H and O–H groups in total. The second-order valence-electron chi connectivity index (χ2n) is 10.4. The molecule has 0 spiro atoms. The van der Waals surface area contributed by atoms with E-state index in [0.29, 0.717) is 5.92 Å². The van der Waals surface area contributed by atoms with Crippen LogP contribution in [-0.2, 0) is 9.16 Å². The molecule has 3 rings (SSSR count). The van der Waals surface area contributed by atoms with Crippen molar-refractivity contribution in [2.75, 3.05) is 6.61 Å². The molecule has 1 aromatic carbocycles. The van der Waals surface area contributed by atoms with Crippen LogP contribution in [0.4, 0.5) is 0 Å². The summed E-state index contributed by atoms with van der Waals surface area (Å²) in [7, 11) is -3.48. The Morgan fingerprint density at radius 3 is 2.31 bits per heavy atom. The van der Waals surface area contributed by atoms with E-state index in [1.165, 1.54) is 5.19 Å². The van der Waals surface area contributed by atoms with E-state index in [4.69, 9.17) is 9.16 Å². The number of rotatable bonds is 6. The first-order valence-corrected chi connectivity index (χ1v) is 16.1. The first kappa shape index (κ1) is 20.3. The largest absolute Gasteiger partial charge is 0.413 e. The summed E-state index contributed by atoms with van der Waals surface area (Å²) in [4.78, 5) is 0. The maximum Gasteiger partial charge on any atom is 0.192 e. The van der Waals surface area contributed by atoms with Crippen LogP contribution in [0.1, 0.15) is 27.2 Å².